The van der Waals surface area contributed by atoms with E-state index in [0.29, 0.717) is 38.3 Å². The Bertz CT molecular complexity index is 886. The molecule has 3 heterocycles. The largest absolute Gasteiger partial charge is 0.481 e. The molecule has 2 aromatic rings. The number of hydrogen-bond donors (Lipinski definition) is 1. The first-order chi connectivity index (χ1) is 13.0. The fourth-order valence-corrected chi connectivity index (χ4v) is 4.73. The van der Waals surface area contributed by atoms with Gasteiger partial charge in [-0.3, -0.25) is 9.59 Å². The molecule has 2 atom stereocenters. The molecule has 8 heteroatoms. The van der Waals surface area contributed by atoms with Gasteiger partial charge in [-0.2, -0.15) is 0 Å². The maximum Gasteiger partial charge on any atom is 0.311 e. The summed E-state index contributed by atoms with van der Waals surface area (Å²) in [5.41, 5.74) is 0.179. The van der Waals surface area contributed by atoms with E-state index < -0.39 is 11.4 Å². The number of carbonyl (C=O) groups excluding carboxylic acids is 1. The van der Waals surface area contributed by atoms with Gasteiger partial charge >= 0.3 is 5.97 Å². The molecule has 1 aromatic heterocycles. The third-order valence-electron chi connectivity index (χ3n) is 5.44. The molecule has 0 spiro atoms. The van der Waals surface area contributed by atoms with Crippen molar-refractivity contribution in [2.24, 2.45) is 11.3 Å². The van der Waals surface area contributed by atoms with Crippen molar-refractivity contribution in [1.29, 1.82) is 0 Å². The minimum absolute atomic E-state index is 0.186. The van der Waals surface area contributed by atoms with Gasteiger partial charge in [-0.05, 0) is 24.1 Å². The third kappa shape index (κ3) is 3.35. The molecule has 27 heavy (non-hydrogen) atoms. The number of rotatable bonds is 4. The minimum atomic E-state index is -0.922. The van der Waals surface area contributed by atoms with Crippen LogP contribution in [0.15, 0.2) is 29.6 Å². The summed E-state index contributed by atoms with van der Waals surface area (Å²) in [6, 6.07) is 6.29. The average molecular weight is 390 g/mol. The molecule has 0 bridgehead atoms. The van der Waals surface area contributed by atoms with Crippen LogP contribution in [0.25, 0.3) is 0 Å². The zero-order chi connectivity index (χ0) is 19.0. The van der Waals surface area contributed by atoms with Gasteiger partial charge in [-0.25, -0.2) is 9.37 Å². The molecule has 4 rings (SSSR count). The fourth-order valence-electron chi connectivity index (χ4n) is 3.93. The maximum absolute atomic E-state index is 13.3. The number of carbonyl (C=O) groups is 2. The topological polar surface area (TPSA) is 79.7 Å². The molecular formula is C19H19FN2O4S. The summed E-state index contributed by atoms with van der Waals surface area (Å²) in [5, 5.41) is 12.1. The van der Waals surface area contributed by atoms with E-state index in [0.717, 1.165) is 10.6 Å². The van der Waals surface area contributed by atoms with Crippen LogP contribution in [0.2, 0.25) is 0 Å². The van der Waals surface area contributed by atoms with Crippen LogP contribution < -0.4 is 0 Å². The molecular weight excluding hydrogens is 371 g/mol. The van der Waals surface area contributed by atoms with Crippen molar-refractivity contribution in [2.45, 2.75) is 12.8 Å². The van der Waals surface area contributed by atoms with Crippen LogP contribution >= 0.6 is 11.3 Å². The number of carboxylic acids is 1. The number of carboxylic acid groups (broad SMARTS) is 1. The van der Waals surface area contributed by atoms with Crippen molar-refractivity contribution in [3.63, 3.8) is 0 Å². The number of aliphatic carboxylic acids is 1. The number of nitrogens with zero attached hydrogens (tertiary/aromatic N) is 2. The third-order valence-corrected chi connectivity index (χ3v) is 6.28. The molecule has 1 aromatic carbocycles. The second-order valence-electron chi connectivity index (χ2n) is 7.10. The molecule has 0 aliphatic carbocycles. The summed E-state index contributed by atoms with van der Waals surface area (Å²) in [7, 11) is 0. The SMILES string of the molecule is O=C(c1csc(Cc2cccc(F)c2)n1)N1C[C@H]2COCC[C@@]2(C(=O)O)C1. The van der Waals surface area contributed by atoms with Crippen LogP contribution in [0, 0.1) is 17.2 Å². The predicted octanol–water partition coefficient (Wildman–Crippen LogP) is 2.44. The van der Waals surface area contributed by atoms with Crippen molar-refractivity contribution in [2.75, 3.05) is 26.3 Å². The standard InChI is InChI=1S/C19H19FN2O4S/c20-14-3-1-2-12(6-14)7-16-21-15(10-27-16)17(23)22-8-13-9-26-5-4-19(13,11-22)18(24)25/h1-3,6,10,13H,4-5,7-9,11H2,(H,24,25)/t13-,19+/m0/s1. The van der Waals surface area contributed by atoms with Gasteiger partial charge in [0.2, 0.25) is 0 Å². The number of benzene rings is 1. The van der Waals surface area contributed by atoms with Crippen LogP contribution in [-0.2, 0) is 16.0 Å². The van der Waals surface area contributed by atoms with Gasteiger partial charge in [0.15, 0.2) is 0 Å². The molecule has 0 unspecified atom stereocenters. The maximum atomic E-state index is 13.3. The van der Waals surface area contributed by atoms with Gasteiger partial charge in [0.05, 0.1) is 17.0 Å². The van der Waals surface area contributed by atoms with E-state index in [1.165, 1.54) is 23.5 Å². The van der Waals surface area contributed by atoms with E-state index in [9.17, 15) is 19.1 Å². The van der Waals surface area contributed by atoms with E-state index in [1.54, 1.807) is 16.3 Å². The van der Waals surface area contributed by atoms with E-state index in [2.05, 4.69) is 4.98 Å². The summed E-state index contributed by atoms with van der Waals surface area (Å²) in [4.78, 5) is 30.7. The number of aromatic nitrogens is 1. The summed E-state index contributed by atoms with van der Waals surface area (Å²) < 4.78 is 18.7. The first kappa shape index (κ1) is 18.1. The van der Waals surface area contributed by atoms with Gasteiger partial charge in [-0.1, -0.05) is 12.1 Å². The number of likely N-dealkylation sites (tertiary alicyclic amines) is 1. The zero-order valence-corrected chi connectivity index (χ0v) is 15.4. The van der Waals surface area contributed by atoms with E-state index in [-0.39, 0.29) is 24.2 Å². The highest BCUT2D eigenvalue weighted by atomic mass is 32.1. The summed E-state index contributed by atoms with van der Waals surface area (Å²) >= 11 is 1.35. The van der Waals surface area contributed by atoms with Gasteiger partial charge in [0.1, 0.15) is 11.5 Å². The smallest absolute Gasteiger partial charge is 0.311 e. The van der Waals surface area contributed by atoms with Gasteiger partial charge in [0.25, 0.3) is 5.91 Å². The molecule has 1 amide bonds. The molecule has 2 saturated heterocycles. The Balaban J connectivity index is 1.49. The van der Waals surface area contributed by atoms with E-state index in [1.807, 2.05) is 6.07 Å². The van der Waals surface area contributed by atoms with Gasteiger partial charge in [0, 0.05) is 37.4 Å². The average Bonchev–Trinajstić information content (AvgIpc) is 3.26. The Hall–Kier alpha value is -2.32. The molecule has 2 aliphatic rings. The first-order valence-corrected chi connectivity index (χ1v) is 9.65. The lowest BCUT2D eigenvalue weighted by Gasteiger charge is -2.33. The van der Waals surface area contributed by atoms with Crippen LogP contribution in [-0.4, -0.2) is 53.2 Å². The lowest BCUT2D eigenvalue weighted by Crippen LogP contribution is -2.45. The van der Waals surface area contributed by atoms with Gasteiger partial charge < -0.3 is 14.7 Å². The van der Waals surface area contributed by atoms with Crippen LogP contribution in [0.4, 0.5) is 4.39 Å². The summed E-state index contributed by atoms with van der Waals surface area (Å²) in [5.74, 6) is -1.62. The Morgan fingerprint density at radius 1 is 1.44 bits per heavy atom. The van der Waals surface area contributed by atoms with Crippen molar-refractivity contribution < 1.29 is 23.8 Å². The van der Waals surface area contributed by atoms with Crippen molar-refractivity contribution in [1.82, 2.24) is 9.88 Å². The number of fused-ring (bicyclic) bond motifs is 1. The molecule has 0 saturated carbocycles. The fraction of sp³-hybridized carbons (Fsp3) is 0.421. The monoisotopic (exact) mass is 390 g/mol. The molecule has 2 aliphatic heterocycles. The highest BCUT2D eigenvalue weighted by Gasteiger charge is 2.55. The quantitative estimate of drug-likeness (QED) is 0.867. The minimum Gasteiger partial charge on any atom is -0.481 e. The number of hydrogen-bond acceptors (Lipinski definition) is 5. The van der Waals surface area contributed by atoms with Crippen molar-refractivity contribution in [3.05, 3.63) is 51.7 Å². The highest BCUT2D eigenvalue weighted by molar-refractivity contribution is 7.09. The molecule has 2 fully saturated rings. The van der Waals surface area contributed by atoms with E-state index in [4.69, 9.17) is 4.74 Å². The normalized spacial score (nSPS) is 24.6. The lowest BCUT2D eigenvalue weighted by molar-refractivity contribution is -0.157. The number of amides is 1. The Morgan fingerprint density at radius 2 is 2.30 bits per heavy atom. The summed E-state index contributed by atoms with van der Waals surface area (Å²) in [6.07, 6.45) is 0.865. The number of thiazole rings is 1. The van der Waals surface area contributed by atoms with Crippen molar-refractivity contribution >= 4 is 23.2 Å². The molecule has 1 N–H and O–H groups in total. The Morgan fingerprint density at radius 3 is 3.04 bits per heavy atom. The first-order valence-electron chi connectivity index (χ1n) is 8.77. The highest BCUT2D eigenvalue weighted by Crippen LogP contribution is 2.42. The van der Waals surface area contributed by atoms with Crippen LogP contribution in [0.1, 0.15) is 27.5 Å². The van der Waals surface area contributed by atoms with Crippen LogP contribution in [0.3, 0.4) is 0 Å². The number of ether oxygens (including phenoxy) is 1. The van der Waals surface area contributed by atoms with Crippen LogP contribution in [0.5, 0.6) is 0 Å². The second kappa shape index (κ2) is 7.01. The number of halogens is 1. The summed E-state index contributed by atoms with van der Waals surface area (Å²) in [6.45, 7) is 1.31. The zero-order valence-electron chi connectivity index (χ0n) is 14.6. The Labute approximate surface area is 159 Å². The van der Waals surface area contributed by atoms with Gasteiger partial charge in [-0.15, -0.1) is 11.3 Å². The lowest BCUT2D eigenvalue weighted by atomic mass is 9.74. The molecule has 0 radical (unpaired) electrons. The van der Waals surface area contributed by atoms with E-state index >= 15 is 0 Å². The predicted molar refractivity (Wildman–Crippen MR) is 96.2 cm³/mol. The Kier molecular flexibility index (Phi) is 4.69. The molecule has 6 nitrogen and oxygen atoms in total. The second-order valence-corrected chi connectivity index (χ2v) is 8.04. The molecule has 142 valence electrons. The van der Waals surface area contributed by atoms with Crippen molar-refractivity contribution in [3.8, 4) is 0 Å².